The predicted octanol–water partition coefficient (Wildman–Crippen LogP) is 2.42. The van der Waals surface area contributed by atoms with Crippen LogP contribution in [0.3, 0.4) is 0 Å². The number of rotatable bonds is 0. The minimum atomic E-state index is 0.168. The van der Waals surface area contributed by atoms with Crippen molar-refractivity contribution in [3.8, 4) is 0 Å². The second kappa shape index (κ2) is 2.86. The highest BCUT2D eigenvalue weighted by molar-refractivity contribution is 5.66. The summed E-state index contributed by atoms with van der Waals surface area (Å²) >= 11 is 0. The van der Waals surface area contributed by atoms with Crippen LogP contribution in [0.25, 0.3) is 0 Å². The number of hydrogen-bond donors (Lipinski definition) is 0. The third-order valence-corrected chi connectivity index (χ3v) is 2.80. The van der Waals surface area contributed by atoms with Crippen LogP contribution in [0.4, 0.5) is 0 Å². The van der Waals surface area contributed by atoms with Crippen LogP contribution in [0.2, 0.25) is 0 Å². The topological polar surface area (TPSA) is 15.6 Å². The van der Waals surface area contributed by atoms with Crippen LogP contribution in [0.5, 0.6) is 0 Å². The van der Waals surface area contributed by atoms with E-state index in [4.69, 9.17) is 0 Å². The van der Waals surface area contributed by atoms with Gasteiger partial charge in [-0.15, -0.1) is 0 Å². The van der Waals surface area contributed by atoms with Crippen LogP contribution < -0.4 is 0 Å². The molecule has 1 aliphatic carbocycles. The smallest absolute Gasteiger partial charge is 0.0592 e. The van der Waals surface area contributed by atoms with Gasteiger partial charge in [-0.25, -0.2) is 0 Å². The van der Waals surface area contributed by atoms with Crippen molar-refractivity contribution in [3.63, 3.8) is 0 Å². The Balaban J connectivity index is 2.18. The van der Waals surface area contributed by atoms with E-state index in [9.17, 15) is 0 Å². The molecule has 0 bridgehead atoms. The van der Waals surface area contributed by atoms with Gasteiger partial charge in [-0.05, 0) is 33.6 Å². The van der Waals surface area contributed by atoms with Crippen molar-refractivity contribution in [1.82, 2.24) is 5.01 Å². The Morgan fingerprint density at radius 1 is 1.38 bits per heavy atom. The molecular formula is C11H18N2. The quantitative estimate of drug-likeness (QED) is 0.520. The molecule has 2 atom stereocenters. The lowest BCUT2D eigenvalue weighted by molar-refractivity contribution is 0.0867. The maximum Gasteiger partial charge on any atom is 0.0592 e. The van der Waals surface area contributed by atoms with Crippen LogP contribution in [0, 0.1) is 5.92 Å². The summed E-state index contributed by atoms with van der Waals surface area (Å²) in [6.07, 6.45) is 9.11. The van der Waals surface area contributed by atoms with Crippen molar-refractivity contribution in [3.05, 3.63) is 12.2 Å². The van der Waals surface area contributed by atoms with Crippen molar-refractivity contribution in [2.24, 2.45) is 11.0 Å². The molecule has 0 aromatic rings. The van der Waals surface area contributed by atoms with E-state index in [0.29, 0.717) is 12.0 Å². The van der Waals surface area contributed by atoms with Crippen molar-refractivity contribution in [2.45, 2.75) is 45.2 Å². The van der Waals surface area contributed by atoms with E-state index in [2.05, 4.69) is 49.2 Å². The van der Waals surface area contributed by atoms with E-state index in [0.717, 1.165) is 0 Å². The molecule has 0 aromatic heterocycles. The molecular weight excluding hydrogens is 160 g/mol. The zero-order valence-electron chi connectivity index (χ0n) is 8.70. The molecule has 0 spiro atoms. The maximum atomic E-state index is 4.51. The number of hydrogen-bond acceptors (Lipinski definition) is 2. The van der Waals surface area contributed by atoms with E-state index in [-0.39, 0.29) is 5.54 Å². The van der Waals surface area contributed by atoms with Gasteiger partial charge in [0.05, 0.1) is 6.04 Å². The third-order valence-electron chi connectivity index (χ3n) is 2.80. The summed E-state index contributed by atoms with van der Waals surface area (Å²) in [7, 11) is 0. The summed E-state index contributed by atoms with van der Waals surface area (Å²) in [5.41, 5.74) is 0.168. The fraction of sp³-hybridized carbons (Fsp3) is 0.727. The Morgan fingerprint density at radius 3 is 2.85 bits per heavy atom. The Bertz CT molecular complexity index is 247. The molecule has 2 aliphatic rings. The molecule has 0 N–H and O–H groups in total. The van der Waals surface area contributed by atoms with Crippen molar-refractivity contribution >= 4 is 6.21 Å². The molecule has 0 unspecified atom stereocenters. The Morgan fingerprint density at radius 2 is 2.15 bits per heavy atom. The van der Waals surface area contributed by atoms with Gasteiger partial charge in [-0.1, -0.05) is 12.2 Å². The highest BCUT2D eigenvalue weighted by Gasteiger charge is 2.36. The molecule has 13 heavy (non-hydrogen) atoms. The van der Waals surface area contributed by atoms with Gasteiger partial charge in [0.2, 0.25) is 0 Å². The van der Waals surface area contributed by atoms with Gasteiger partial charge in [0.1, 0.15) is 0 Å². The number of hydrazone groups is 1. The molecule has 0 aromatic carbocycles. The van der Waals surface area contributed by atoms with Crippen LogP contribution in [0.15, 0.2) is 17.3 Å². The summed E-state index contributed by atoms with van der Waals surface area (Å²) in [5.74, 6) is 0.563. The second-order valence-electron chi connectivity index (χ2n) is 4.93. The van der Waals surface area contributed by atoms with Gasteiger partial charge in [-0.3, -0.25) is 5.01 Å². The van der Waals surface area contributed by atoms with Gasteiger partial charge in [0.25, 0.3) is 0 Å². The monoisotopic (exact) mass is 178 g/mol. The van der Waals surface area contributed by atoms with Crippen molar-refractivity contribution < 1.29 is 0 Å². The highest BCUT2D eigenvalue weighted by Crippen LogP contribution is 2.32. The first kappa shape index (κ1) is 8.79. The Kier molecular flexibility index (Phi) is 1.94. The first-order valence-electron chi connectivity index (χ1n) is 5.09. The summed E-state index contributed by atoms with van der Waals surface area (Å²) in [5, 5.41) is 6.77. The lowest BCUT2D eigenvalue weighted by Crippen LogP contribution is -2.44. The fourth-order valence-electron chi connectivity index (χ4n) is 2.18. The van der Waals surface area contributed by atoms with E-state index in [1.165, 1.54) is 12.8 Å². The molecule has 0 amide bonds. The van der Waals surface area contributed by atoms with E-state index in [1.807, 2.05) is 0 Å². The van der Waals surface area contributed by atoms with Gasteiger partial charge in [0, 0.05) is 17.7 Å². The molecule has 72 valence electrons. The molecule has 2 heteroatoms. The first-order chi connectivity index (χ1) is 6.09. The summed E-state index contributed by atoms with van der Waals surface area (Å²) in [6, 6.07) is 0.616. The SMILES string of the molecule is CC(C)(C)N1N=C[C@@H]2C=CCC[C@H]21. The van der Waals surface area contributed by atoms with Crippen LogP contribution in [-0.2, 0) is 0 Å². The lowest BCUT2D eigenvalue weighted by Gasteiger charge is -2.38. The van der Waals surface area contributed by atoms with Crippen LogP contribution in [-0.4, -0.2) is 22.8 Å². The zero-order chi connectivity index (χ0) is 9.47. The number of allylic oxidation sites excluding steroid dienone is 1. The maximum absolute atomic E-state index is 4.51. The first-order valence-corrected chi connectivity index (χ1v) is 5.09. The average molecular weight is 178 g/mol. The van der Waals surface area contributed by atoms with E-state index < -0.39 is 0 Å². The molecule has 2 nitrogen and oxygen atoms in total. The largest absolute Gasteiger partial charge is 0.288 e. The van der Waals surface area contributed by atoms with Crippen molar-refractivity contribution in [2.75, 3.05) is 0 Å². The molecule has 0 radical (unpaired) electrons. The zero-order valence-corrected chi connectivity index (χ0v) is 8.70. The fourth-order valence-corrected chi connectivity index (χ4v) is 2.18. The Hall–Kier alpha value is -0.790. The summed E-state index contributed by atoms with van der Waals surface area (Å²) < 4.78 is 0. The number of nitrogens with zero attached hydrogens (tertiary/aromatic N) is 2. The van der Waals surface area contributed by atoms with Gasteiger partial charge >= 0.3 is 0 Å². The normalized spacial score (nSPS) is 32.4. The molecule has 0 saturated heterocycles. The van der Waals surface area contributed by atoms with Gasteiger partial charge in [0.15, 0.2) is 0 Å². The molecule has 0 saturated carbocycles. The number of fused-ring (bicyclic) bond motifs is 1. The van der Waals surface area contributed by atoms with Gasteiger partial charge < -0.3 is 0 Å². The van der Waals surface area contributed by atoms with Gasteiger partial charge in [-0.2, -0.15) is 5.10 Å². The minimum Gasteiger partial charge on any atom is -0.288 e. The Labute approximate surface area is 80.3 Å². The van der Waals surface area contributed by atoms with E-state index >= 15 is 0 Å². The summed E-state index contributed by atoms with van der Waals surface area (Å²) in [6.45, 7) is 6.68. The standard InChI is InChI=1S/C11H18N2/c1-11(2,3)13-10-7-5-4-6-9(10)8-12-13/h4,6,8-10H,5,7H2,1-3H3/t9-,10+/m0/s1. The molecule has 0 fully saturated rings. The minimum absolute atomic E-state index is 0.168. The average Bonchev–Trinajstić information content (AvgIpc) is 2.45. The highest BCUT2D eigenvalue weighted by atomic mass is 15.5. The summed E-state index contributed by atoms with van der Waals surface area (Å²) in [4.78, 5) is 0. The molecule has 1 heterocycles. The molecule has 2 rings (SSSR count). The lowest BCUT2D eigenvalue weighted by atomic mass is 9.90. The van der Waals surface area contributed by atoms with Crippen LogP contribution >= 0.6 is 0 Å². The molecule has 1 aliphatic heterocycles. The van der Waals surface area contributed by atoms with E-state index in [1.54, 1.807) is 0 Å². The predicted molar refractivity (Wildman–Crippen MR) is 55.7 cm³/mol. The third kappa shape index (κ3) is 1.50. The van der Waals surface area contributed by atoms with Crippen LogP contribution in [0.1, 0.15) is 33.6 Å². The second-order valence-corrected chi connectivity index (χ2v) is 4.93. The van der Waals surface area contributed by atoms with Crippen molar-refractivity contribution in [1.29, 1.82) is 0 Å².